The Morgan fingerprint density at radius 3 is 2.74 bits per heavy atom. The quantitative estimate of drug-likeness (QED) is 0.628. The summed E-state index contributed by atoms with van der Waals surface area (Å²) in [7, 11) is 0. The van der Waals surface area contributed by atoms with E-state index in [4.69, 9.17) is 0 Å². The SMILES string of the molecule is CCN(CC)CCNc1n[n+]([O-])c2c3c(ccc2[n+]1[O-])CCC3. The number of aryl methyl sites for hydroxylation is 2. The number of nitrogens with one attached hydrogen (secondary N) is 1. The molecule has 0 saturated heterocycles. The number of benzene rings is 1. The zero-order valence-electron chi connectivity index (χ0n) is 13.7. The molecule has 1 aromatic heterocycles. The fourth-order valence-corrected chi connectivity index (χ4v) is 3.28. The van der Waals surface area contributed by atoms with E-state index in [-0.39, 0.29) is 5.95 Å². The molecule has 0 fully saturated rings. The van der Waals surface area contributed by atoms with Gasteiger partial charge in [-0.1, -0.05) is 19.9 Å². The predicted octanol–water partition coefficient (Wildman–Crippen LogP) is 0.744. The van der Waals surface area contributed by atoms with Crippen molar-refractivity contribution in [2.45, 2.75) is 33.1 Å². The van der Waals surface area contributed by atoms with Gasteiger partial charge in [0, 0.05) is 17.0 Å². The van der Waals surface area contributed by atoms with E-state index in [9.17, 15) is 10.4 Å². The first kappa shape index (κ1) is 15.7. The van der Waals surface area contributed by atoms with Gasteiger partial charge in [-0.2, -0.15) is 0 Å². The Kier molecular flexibility index (Phi) is 4.47. The van der Waals surface area contributed by atoms with E-state index in [0.29, 0.717) is 22.4 Å². The largest absolute Gasteiger partial charge is 0.739 e. The lowest BCUT2D eigenvalue weighted by Gasteiger charge is -2.17. The van der Waals surface area contributed by atoms with Gasteiger partial charge in [-0.05, 0) is 44.0 Å². The van der Waals surface area contributed by atoms with Crippen molar-refractivity contribution in [2.24, 2.45) is 0 Å². The molecule has 2 aromatic rings. The van der Waals surface area contributed by atoms with Crippen LogP contribution in [0.3, 0.4) is 0 Å². The summed E-state index contributed by atoms with van der Waals surface area (Å²) in [6.07, 6.45) is 2.83. The zero-order valence-corrected chi connectivity index (χ0v) is 13.7. The molecule has 1 aliphatic carbocycles. The third-order valence-corrected chi connectivity index (χ3v) is 4.62. The van der Waals surface area contributed by atoms with Crippen LogP contribution in [0, 0.1) is 10.4 Å². The predicted molar refractivity (Wildman–Crippen MR) is 88.0 cm³/mol. The highest BCUT2D eigenvalue weighted by atomic mass is 16.5. The minimum atomic E-state index is 0.0672. The third kappa shape index (κ3) is 2.88. The Bertz CT molecular complexity index is 715. The van der Waals surface area contributed by atoms with Crippen LogP contribution in [0.25, 0.3) is 11.0 Å². The standard InChI is InChI=1S/C16H23N5O2/c1-3-19(4-2)11-10-17-16-18-21(23)15-13-7-5-6-12(13)8-9-14(15)20(16)22/h8-9H,3-7,10-11H2,1-2H3,(H,17,18). The number of nitrogens with zero attached hydrogens (tertiary/aromatic N) is 4. The number of hydrogen-bond donors (Lipinski definition) is 1. The summed E-state index contributed by atoms with van der Waals surface area (Å²) in [5.74, 6) is 0.0672. The Morgan fingerprint density at radius 2 is 2.00 bits per heavy atom. The minimum absolute atomic E-state index is 0.0672. The molecule has 7 nitrogen and oxygen atoms in total. The van der Waals surface area contributed by atoms with E-state index in [1.165, 1.54) is 0 Å². The van der Waals surface area contributed by atoms with Gasteiger partial charge in [-0.3, -0.25) is 5.32 Å². The van der Waals surface area contributed by atoms with Crippen molar-refractivity contribution in [1.82, 2.24) is 10.00 Å². The van der Waals surface area contributed by atoms with Crippen molar-refractivity contribution in [3.05, 3.63) is 33.7 Å². The van der Waals surface area contributed by atoms with E-state index >= 15 is 0 Å². The van der Waals surface area contributed by atoms with Crippen LogP contribution in [0.4, 0.5) is 5.95 Å². The van der Waals surface area contributed by atoms with Gasteiger partial charge in [0.15, 0.2) is 5.52 Å². The Labute approximate surface area is 135 Å². The first-order valence-corrected chi connectivity index (χ1v) is 8.29. The lowest BCUT2D eigenvalue weighted by molar-refractivity contribution is -0.672. The number of hydrogen-bond acceptors (Lipinski definition) is 5. The number of rotatable bonds is 6. The molecule has 0 aliphatic heterocycles. The minimum Gasteiger partial charge on any atom is -0.739 e. The summed E-state index contributed by atoms with van der Waals surface area (Å²) in [5.41, 5.74) is 2.95. The third-order valence-electron chi connectivity index (χ3n) is 4.62. The molecule has 1 aromatic carbocycles. The van der Waals surface area contributed by atoms with E-state index in [2.05, 4.69) is 29.2 Å². The first-order chi connectivity index (χ1) is 11.2. The second-order valence-corrected chi connectivity index (χ2v) is 5.87. The summed E-state index contributed by atoms with van der Waals surface area (Å²) in [4.78, 5) is 2.84. The van der Waals surface area contributed by atoms with Crippen LogP contribution < -0.4 is 14.9 Å². The van der Waals surface area contributed by atoms with Gasteiger partial charge in [0.25, 0.3) is 0 Å². The summed E-state index contributed by atoms with van der Waals surface area (Å²) in [5, 5.41) is 31.7. The monoisotopic (exact) mass is 317 g/mol. The molecule has 23 heavy (non-hydrogen) atoms. The number of likely N-dealkylation sites (N-methyl/N-ethyl adjacent to an activating group) is 1. The maximum Gasteiger partial charge on any atom is 0.461 e. The normalized spacial score (nSPS) is 13.7. The maximum absolute atomic E-state index is 12.5. The number of aromatic nitrogens is 3. The second kappa shape index (κ2) is 6.54. The molecule has 0 amide bonds. The summed E-state index contributed by atoms with van der Waals surface area (Å²) < 4.78 is 0.741. The van der Waals surface area contributed by atoms with Gasteiger partial charge < -0.3 is 15.3 Å². The molecule has 124 valence electrons. The number of anilines is 1. The molecule has 1 aliphatic rings. The molecular weight excluding hydrogens is 294 g/mol. The molecule has 1 heterocycles. The molecule has 0 spiro atoms. The van der Waals surface area contributed by atoms with Crippen LogP contribution in [-0.2, 0) is 12.8 Å². The summed E-state index contributed by atoms with van der Waals surface area (Å²) in [6, 6.07) is 3.69. The van der Waals surface area contributed by atoms with Crippen molar-refractivity contribution in [2.75, 3.05) is 31.5 Å². The van der Waals surface area contributed by atoms with Crippen molar-refractivity contribution in [3.63, 3.8) is 0 Å². The van der Waals surface area contributed by atoms with Gasteiger partial charge in [0.05, 0.1) is 6.54 Å². The highest BCUT2D eigenvalue weighted by molar-refractivity contribution is 5.74. The summed E-state index contributed by atoms with van der Waals surface area (Å²) >= 11 is 0. The fraction of sp³-hybridized carbons (Fsp3) is 0.562. The molecule has 0 unspecified atom stereocenters. The van der Waals surface area contributed by atoms with E-state index < -0.39 is 0 Å². The molecular formula is C16H23N5O2. The van der Waals surface area contributed by atoms with Gasteiger partial charge in [-0.15, -0.1) is 0 Å². The Hall–Kier alpha value is -2.15. The fourth-order valence-electron chi connectivity index (χ4n) is 3.28. The first-order valence-electron chi connectivity index (χ1n) is 8.29. The zero-order chi connectivity index (χ0) is 16.4. The second-order valence-electron chi connectivity index (χ2n) is 5.87. The highest BCUT2D eigenvalue weighted by Crippen LogP contribution is 2.26. The molecule has 0 radical (unpaired) electrons. The molecule has 0 saturated carbocycles. The van der Waals surface area contributed by atoms with Crippen LogP contribution >= 0.6 is 0 Å². The van der Waals surface area contributed by atoms with Gasteiger partial charge >= 0.3 is 11.5 Å². The lowest BCUT2D eigenvalue weighted by Crippen LogP contribution is -2.45. The van der Waals surface area contributed by atoms with E-state index in [1.807, 2.05) is 6.07 Å². The Morgan fingerprint density at radius 1 is 1.22 bits per heavy atom. The maximum atomic E-state index is 12.5. The highest BCUT2D eigenvalue weighted by Gasteiger charge is 2.26. The van der Waals surface area contributed by atoms with Gasteiger partial charge in [0.1, 0.15) is 0 Å². The van der Waals surface area contributed by atoms with Crippen molar-refractivity contribution in [3.8, 4) is 0 Å². The number of fused-ring (bicyclic) bond motifs is 3. The van der Waals surface area contributed by atoms with Crippen LogP contribution in [0.5, 0.6) is 0 Å². The van der Waals surface area contributed by atoms with Gasteiger partial charge in [-0.25, -0.2) is 4.73 Å². The van der Waals surface area contributed by atoms with Crippen molar-refractivity contribution < 1.29 is 9.58 Å². The summed E-state index contributed by atoms with van der Waals surface area (Å²) in [6.45, 7) is 7.47. The van der Waals surface area contributed by atoms with Crippen LogP contribution in [0.2, 0.25) is 0 Å². The molecule has 0 bridgehead atoms. The molecule has 0 atom stereocenters. The van der Waals surface area contributed by atoms with Crippen molar-refractivity contribution in [1.29, 1.82) is 0 Å². The van der Waals surface area contributed by atoms with Crippen LogP contribution in [0.1, 0.15) is 31.4 Å². The smallest absolute Gasteiger partial charge is 0.461 e. The van der Waals surface area contributed by atoms with Crippen molar-refractivity contribution >= 4 is 17.0 Å². The van der Waals surface area contributed by atoms with E-state index in [1.54, 1.807) is 6.07 Å². The topological polar surface area (TPSA) is 82.0 Å². The van der Waals surface area contributed by atoms with Gasteiger partial charge in [0.2, 0.25) is 5.10 Å². The van der Waals surface area contributed by atoms with E-state index in [0.717, 1.165) is 54.8 Å². The molecule has 7 heteroatoms. The van der Waals surface area contributed by atoms with Crippen LogP contribution in [0.15, 0.2) is 12.1 Å². The van der Waals surface area contributed by atoms with Crippen LogP contribution in [-0.4, -0.2) is 36.2 Å². The Balaban J connectivity index is 1.88. The average Bonchev–Trinajstić information content (AvgIpc) is 3.03. The molecule has 1 N–H and O–H groups in total. The average molecular weight is 317 g/mol. The lowest BCUT2D eigenvalue weighted by atomic mass is 10.1. The molecule has 3 rings (SSSR count).